The Morgan fingerprint density at radius 2 is 1.74 bits per heavy atom. The molecule has 7 heteroatoms. The van der Waals surface area contributed by atoms with Crippen LogP contribution in [0.25, 0.3) is 0 Å². The van der Waals surface area contributed by atoms with Crippen molar-refractivity contribution in [1.82, 2.24) is 9.62 Å². The van der Waals surface area contributed by atoms with Crippen molar-refractivity contribution >= 4 is 21.6 Å². The van der Waals surface area contributed by atoms with Crippen LogP contribution in [0.1, 0.15) is 37.3 Å². The third kappa shape index (κ3) is 6.08. The maximum absolute atomic E-state index is 12.6. The maximum atomic E-state index is 12.6. The van der Waals surface area contributed by atoms with Crippen LogP contribution in [-0.2, 0) is 21.2 Å². The molecule has 1 heterocycles. The van der Waals surface area contributed by atoms with Gasteiger partial charge in [-0.3, -0.25) is 4.79 Å². The zero-order valence-corrected chi connectivity index (χ0v) is 19.3. The fraction of sp³-hybridized carbons (Fsp3) is 0.458. The van der Waals surface area contributed by atoms with E-state index >= 15 is 0 Å². The molecule has 2 aromatic rings. The second-order valence-corrected chi connectivity index (χ2v) is 9.91. The van der Waals surface area contributed by atoms with Crippen LogP contribution in [0.15, 0.2) is 53.4 Å². The van der Waals surface area contributed by atoms with Crippen LogP contribution in [0.4, 0.5) is 5.69 Å². The lowest BCUT2D eigenvalue weighted by Crippen LogP contribution is -2.35. The normalized spacial score (nSPS) is 14.5. The minimum Gasteiger partial charge on any atom is -0.370 e. The molecule has 31 heavy (non-hydrogen) atoms. The molecule has 1 saturated heterocycles. The summed E-state index contributed by atoms with van der Waals surface area (Å²) in [5, 5.41) is 3.00. The molecule has 0 aliphatic carbocycles. The van der Waals surface area contributed by atoms with E-state index < -0.39 is 10.0 Å². The van der Waals surface area contributed by atoms with Crippen molar-refractivity contribution < 1.29 is 13.2 Å². The van der Waals surface area contributed by atoms with E-state index in [0.717, 1.165) is 31.5 Å². The largest absolute Gasteiger partial charge is 0.370 e. The summed E-state index contributed by atoms with van der Waals surface area (Å²) in [6.07, 6.45) is 2.82. The van der Waals surface area contributed by atoms with E-state index in [9.17, 15) is 13.2 Å². The molecule has 0 unspecified atom stereocenters. The molecule has 3 rings (SSSR count). The summed E-state index contributed by atoms with van der Waals surface area (Å²) in [7, 11) is -3.39. The van der Waals surface area contributed by atoms with Gasteiger partial charge < -0.3 is 10.2 Å². The summed E-state index contributed by atoms with van der Waals surface area (Å²) >= 11 is 0. The average Bonchev–Trinajstić information content (AvgIpc) is 3.32. The van der Waals surface area contributed by atoms with Crippen LogP contribution < -0.4 is 10.2 Å². The highest BCUT2D eigenvalue weighted by Gasteiger charge is 2.26. The molecule has 168 valence electrons. The Morgan fingerprint density at radius 1 is 1.06 bits per heavy atom. The number of anilines is 1. The Labute approximate surface area is 186 Å². The van der Waals surface area contributed by atoms with Gasteiger partial charge in [-0.25, -0.2) is 8.42 Å². The van der Waals surface area contributed by atoms with Gasteiger partial charge in [0.2, 0.25) is 15.9 Å². The van der Waals surface area contributed by atoms with Crippen LogP contribution in [0.3, 0.4) is 0 Å². The van der Waals surface area contributed by atoms with E-state index in [1.54, 1.807) is 16.4 Å². The van der Waals surface area contributed by atoms with Crippen molar-refractivity contribution in [3.05, 3.63) is 59.7 Å². The lowest BCUT2D eigenvalue weighted by atomic mass is 10.1. The summed E-state index contributed by atoms with van der Waals surface area (Å²) in [6, 6.07) is 15.2. The molecule has 0 radical (unpaired) electrons. The number of carbonyl (C=O) groups is 1. The summed E-state index contributed by atoms with van der Waals surface area (Å²) in [5.41, 5.74) is 3.39. The molecule has 6 nitrogen and oxygen atoms in total. The second-order valence-electron chi connectivity index (χ2n) is 7.97. The van der Waals surface area contributed by atoms with Gasteiger partial charge in [0, 0.05) is 44.8 Å². The minimum atomic E-state index is -3.39. The zero-order chi connectivity index (χ0) is 22.3. The summed E-state index contributed by atoms with van der Waals surface area (Å²) in [5.74, 6) is 0.00889. The van der Waals surface area contributed by atoms with E-state index in [-0.39, 0.29) is 5.91 Å². The first-order valence-electron chi connectivity index (χ1n) is 11.1. The van der Waals surface area contributed by atoms with Gasteiger partial charge in [-0.1, -0.05) is 30.3 Å². The van der Waals surface area contributed by atoms with Crippen molar-refractivity contribution in [2.45, 2.75) is 44.4 Å². The van der Waals surface area contributed by atoms with Crippen molar-refractivity contribution in [1.29, 1.82) is 0 Å². The first-order chi connectivity index (χ1) is 14.9. The number of nitrogens with one attached hydrogen (secondary N) is 1. The number of amides is 1. The predicted molar refractivity (Wildman–Crippen MR) is 125 cm³/mol. The van der Waals surface area contributed by atoms with Crippen LogP contribution in [0.2, 0.25) is 0 Å². The molecule has 2 aromatic carbocycles. The highest BCUT2D eigenvalue weighted by atomic mass is 32.2. The quantitative estimate of drug-likeness (QED) is 0.611. The van der Waals surface area contributed by atoms with Gasteiger partial charge in [-0.2, -0.15) is 4.31 Å². The van der Waals surface area contributed by atoms with Gasteiger partial charge in [0.1, 0.15) is 0 Å². The lowest BCUT2D eigenvalue weighted by molar-refractivity contribution is -0.121. The molecule has 1 N–H and O–H groups in total. The predicted octanol–water partition coefficient (Wildman–Crippen LogP) is 3.35. The number of hydrogen-bond acceptors (Lipinski definition) is 4. The van der Waals surface area contributed by atoms with Gasteiger partial charge in [0.05, 0.1) is 4.90 Å². The SMILES string of the molecule is CCN(CCNC(=O)CCc1ccc(S(=O)(=O)N2CCCC2)cc1)c1ccccc1C. The molecule has 0 bridgehead atoms. The standard InChI is InChI=1S/C24H33N3O3S/c1-3-26(23-9-5-4-8-20(23)2)19-16-25-24(28)15-12-21-10-13-22(14-11-21)31(29,30)27-17-6-7-18-27/h4-5,8-11,13-14H,3,6-7,12,15-19H2,1-2H3,(H,25,28). The van der Waals surface area contributed by atoms with Gasteiger partial charge in [0.15, 0.2) is 0 Å². The Hall–Kier alpha value is -2.38. The monoisotopic (exact) mass is 443 g/mol. The van der Waals surface area contributed by atoms with Gasteiger partial charge in [-0.15, -0.1) is 0 Å². The molecule has 1 amide bonds. The average molecular weight is 444 g/mol. The van der Waals surface area contributed by atoms with Gasteiger partial charge >= 0.3 is 0 Å². The third-order valence-electron chi connectivity index (χ3n) is 5.81. The molecule has 0 aromatic heterocycles. The van der Waals surface area contributed by atoms with Gasteiger partial charge in [0.25, 0.3) is 0 Å². The molecule has 1 aliphatic rings. The fourth-order valence-electron chi connectivity index (χ4n) is 3.95. The summed E-state index contributed by atoms with van der Waals surface area (Å²) in [4.78, 5) is 14.8. The van der Waals surface area contributed by atoms with Crippen LogP contribution in [0.5, 0.6) is 0 Å². The number of nitrogens with zero attached hydrogens (tertiary/aromatic N) is 2. The molecule has 0 spiro atoms. The van der Waals surface area contributed by atoms with Crippen molar-refractivity contribution in [2.24, 2.45) is 0 Å². The number of carbonyl (C=O) groups excluding carboxylic acids is 1. The number of rotatable bonds is 10. The Morgan fingerprint density at radius 3 is 2.39 bits per heavy atom. The lowest BCUT2D eigenvalue weighted by Gasteiger charge is -2.25. The molecule has 1 aliphatic heterocycles. The Bertz CT molecular complexity index is 968. The van der Waals surface area contributed by atoms with E-state index in [1.165, 1.54) is 11.3 Å². The molecular weight excluding hydrogens is 410 g/mol. The van der Waals surface area contributed by atoms with E-state index in [4.69, 9.17) is 0 Å². The zero-order valence-electron chi connectivity index (χ0n) is 18.5. The second kappa shape index (κ2) is 10.8. The van der Waals surface area contributed by atoms with E-state index in [2.05, 4.69) is 36.2 Å². The number of sulfonamides is 1. The smallest absolute Gasteiger partial charge is 0.243 e. The molecule has 0 atom stereocenters. The molecular formula is C24H33N3O3S. The van der Waals surface area contributed by atoms with Gasteiger partial charge in [-0.05, 0) is 62.4 Å². The summed E-state index contributed by atoms with van der Waals surface area (Å²) in [6.45, 7) is 7.64. The van der Waals surface area contributed by atoms with E-state index in [0.29, 0.717) is 37.4 Å². The maximum Gasteiger partial charge on any atom is 0.243 e. The third-order valence-corrected chi connectivity index (χ3v) is 7.72. The minimum absolute atomic E-state index is 0.00889. The fourth-order valence-corrected chi connectivity index (χ4v) is 5.47. The van der Waals surface area contributed by atoms with Crippen molar-refractivity contribution in [3.8, 4) is 0 Å². The first-order valence-corrected chi connectivity index (χ1v) is 12.5. The van der Waals surface area contributed by atoms with Crippen LogP contribution >= 0.6 is 0 Å². The highest BCUT2D eigenvalue weighted by molar-refractivity contribution is 7.89. The van der Waals surface area contributed by atoms with Crippen molar-refractivity contribution in [2.75, 3.05) is 37.6 Å². The first kappa shape index (κ1) is 23.3. The number of hydrogen-bond donors (Lipinski definition) is 1. The number of aryl methyl sites for hydroxylation is 2. The number of benzene rings is 2. The van der Waals surface area contributed by atoms with Crippen LogP contribution in [-0.4, -0.2) is 51.4 Å². The topological polar surface area (TPSA) is 69.7 Å². The van der Waals surface area contributed by atoms with Crippen molar-refractivity contribution in [3.63, 3.8) is 0 Å². The molecule has 0 saturated carbocycles. The molecule has 1 fully saturated rings. The van der Waals surface area contributed by atoms with Crippen LogP contribution in [0, 0.1) is 6.92 Å². The highest BCUT2D eigenvalue weighted by Crippen LogP contribution is 2.21. The Balaban J connectivity index is 1.45. The van der Waals surface area contributed by atoms with E-state index in [1.807, 2.05) is 24.3 Å². The number of likely N-dealkylation sites (N-methyl/N-ethyl adjacent to an activating group) is 1. The summed E-state index contributed by atoms with van der Waals surface area (Å²) < 4.78 is 26.7. The number of para-hydroxylation sites is 1. The Kier molecular flexibility index (Phi) is 8.09.